The van der Waals surface area contributed by atoms with Gasteiger partial charge in [-0.15, -0.1) is 0 Å². The summed E-state index contributed by atoms with van der Waals surface area (Å²) in [4.78, 5) is 23.6. The summed E-state index contributed by atoms with van der Waals surface area (Å²) in [6, 6.07) is 9.87. The molecule has 120 valence electrons. The van der Waals surface area contributed by atoms with Crippen molar-refractivity contribution in [3.63, 3.8) is 0 Å². The Hall–Kier alpha value is -2.53. The van der Waals surface area contributed by atoms with Crippen molar-refractivity contribution in [2.75, 3.05) is 7.11 Å². The second kappa shape index (κ2) is 8.19. The van der Waals surface area contributed by atoms with Crippen LogP contribution in [0.1, 0.15) is 23.8 Å². The Balaban J connectivity index is 2.08. The van der Waals surface area contributed by atoms with Crippen molar-refractivity contribution in [2.45, 2.75) is 12.5 Å². The molecule has 1 aromatic heterocycles. The Morgan fingerprint density at radius 3 is 2.65 bits per heavy atom. The average Bonchev–Trinajstić information content (AvgIpc) is 3.06. The van der Waals surface area contributed by atoms with E-state index in [1.807, 2.05) is 0 Å². The third-order valence-corrected chi connectivity index (χ3v) is 3.38. The van der Waals surface area contributed by atoms with Gasteiger partial charge in [-0.1, -0.05) is 23.7 Å². The van der Waals surface area contributed by atoms with Gasteiger partial charge in [-0.25, -0.2) is 0 Å². The first-order chi connectivity index (χ1) is 11.1. The standard InChI is InChI=1S/C17H16ClNO4/c1-22-17(21)11-15(12-4-6-13(18)7-5-12)19-16(20)9-8-14-3-2-10-23-14/h2-10,15H,11H2,1H3,(H,19,20)/b9-8+. The molecule has 6 heteroatoms. The predicted molar refractivity (Wildman–Crippen MR) is 86.7 cm³/mol. The molecule has 0 fully saturated rings. The number of hydrogen-bond acceptors (Lipinski definition) is 4. The van der Waals surface area contributed by atoms with Crippen molar-refractivity contribution < 1.29 is 18.7 Å². The largest absolute Gasteiger partial charge is 0.469 e. The number of hydrogen-bond donors (Lipinski definition) is 1. The number of ether oxygens (including phenoxy) is 1. The van der Waals surface area contributed by atoms with Crippen LogP contribution in [0.3, 0.4) is 0 Å². The van der Waals surface area contributed by atoms with Crippen LogP contribution in [0.25, 0.3) is 6.08 Å². The van der Waals surface area contributed by atoms with Crippen molar-refractivity contribution in [3.8, 4) is 0 Å². The Morgan fingerprint density at radius 2 is 2.04 bits per heavy atom. The number of carbonyl (C=O) groups excluding carboxylic acids is 2. The summed E-state index contributed by atoms with van der Waals surface area (Å²) in [6.07, 6.45) is 4.44. The van der Waals surface area contributed by atoms with Crippen LogP contribution in [0.15, 0.2) is 53.2 Å². The van der Waals surface area contributed by atoms with Crippen molar-refractivity contribution >= 4 is 29.6 Å². The average molecular weight is 334 g/mol. The SMILES string of the molecule is COC(=O)CC(NC(=O)/C=C/c1ccco1)c1ccc(Cl)cc1. The zero-order valence-electron chi connectivity index (χ0n) is 12.5. The minimum absolute atomic E-state index is 0.0263. The number of nitrogens with one attached hydrogen (secondary N) is 1. The van der Waals surface area contributed by atoms with E-state index in [2.05, 4.69) is 10.1 Å². The molecule has 0 radical (unpaired) electrons. The topological polar surface area (TPSA) is 68.5 Å². The molecule has 1 N–H and O–H groups in total. The summed E-state index contributed by atoms with van der Waals surface area (Å²) in [7, 11) is 1.31. The molecule has 0 aliphatic carbocycles. The van der Waals surface area contributed by atoms with Gasteiger partial charge >= 0.3 is 5.97 Å². The number of amides is 1. The fraction of sp³-hybridized carbons (Fsp3) is 0.176. The Bertz CT molecular complexity index is 677. The minimum atomic E-state index is -0.506. The third-order valence-electron chi connectivity index (χ3n) is 3.13. The second-order valence-electron chi connectivity index (χ2n) is 4.74. The number of rotatable bonds is 6. The molecular weight excluding hydrogens is 318 g/mol. The van der Waals surface area contributed by atoms with E-state index in [1.165, 1.54) is 19.4 Å². The molecule has 0 saturated carbocycles. The molecule has 0 bridgehead atoms. The zero-order valence-corrected chi connectivity index (χ0v) is 13.2. The van der Waals surface area contributed by atoms with Crippen LogP contribution in [0, 0.1) is 0 Å². The maximum Gasteiger partial charge on any atom is 0.307 e. The molecule has 1 atom stereocenters. The summed E-state index contributed by atoms with van der Waals surface area (Å²) in [5.41, 5.74) is 0.763. The molecule has 0 aliphatic heterocycles. The molecule has 5 nitrogen and oxygen atoms in total. The lowest BCUT2D eigenvalue weighted by Crippen LogP contribution is -2.29. The van der Waals surface area contributed by atoms with Gasteiger partial charge in [0.25, 0.3) is 0 Å². The van der Waals surface area contributed by atoms with Crippen molar-refractivity contribution in [3.05, 3.63) is 65.1 Å². The highest BCUT2D eigenvalue weighted by Crippen LogP contribution is 2.20. The number of carbonyl (C=O) groups is 2. The molecule has 23 heavy (non-hydrogen) atoms. The molecular formula is C17H16ClNO4. The summed E-state index contributed by atoms with van der Waals surface area (Å²) in [5, 5.41) is 3.35. The van der Waals surface area contributed by atoms with Crippen molar-refractivity contribution in [1.29, 1.82) is 0 Å². The third kappa shape index (κ3) is 5.30. The highest BCUT2D eigenvalue weighted by Gasteiger charge is 2.18. The molecule has 0 spiro atoms. The van der Waals surface area contributed by atoms with Gasteiger partial charge in [0, 0.05) is 11.1 Å². The summed E-state index contributed by atoms with van der Waals surface area (Å²) >= 11 is 5.86. The van der Waals surface area contributed by atoms with Crippen LogP contribution in [0.2, 0.25) is 5.02 Å². The molecule has 1 amide bonds. The Kier molecular flexibility index (Phi) is 6.00. The number of benzene rings is 1. The summed E-state index contributed by atoms with van der Waals surface area (Å²) in [6.45, 7) is 0. The molecule has 0 saturated heterocycles. The maximum absolute atomic E-state index is 12.0. The van der Waals surface area contributed by atoms with Gasteiger partial charge in [-0.2, -0.15) is 0 Å². The van der Waals surface area contributed by atoms with E-state index in [1.54, 1.807) is 42.5 Å². The van der Waals surface area contributed by atoms with Crippen LogP contribution < -0.4 is 5.32 Å². The van der Waals surface area contributed by atoms with E-state index < -0.39 is 12.0 Å². The molecule has 1 unspecified atom stereocenters. The van der Waals surface area contributed by atoms with E-state index in [0.717, 1.165) is 5.56 Å². The van der Waals surface area contributed by atoms with Gasteiger partial charge in [0.1, 0.15) is 5.76 Å². The zero-order chi connectivity index (χ0) is 16.7. The Morgan fingerprint density at radius 1 is 1.30 bits per heavy atom. The molecule has 2 rings (SSSR count). The highest BCUT2D eigenvalue weighted by molar-refractivity contribution is 6.30. The summed E-state index contributed by atoms with van der Waals surface area (Å²) < 4.78 is 9.79. The van der Waals surface area contributed by atoms with Gasteiger partial charge in [0.15, 0.2) is 0 Å². The van der Waals surface area contributed by atoms with E-state index in [-0.39, 0.29) is 12.3 Å². The number of halogens is 1. The first-order valence-electron chi connectivity index (χ1n) is 6.93. The fourth-order valence-electron chi connectivity index (χ4n) is 1.96. The molecule has 1 heterocycles. The second-order valence-corrected chi connectivity index (χ2v) is 5.18. The quantitative estimate of drug-likeness (QED) is 0.650. The van der Waals surface area contributed by atoms with Crippen molar-refractivity contribution in [1.82, 2.24) is 5.32 Å². The normalized spacial score (nSPS) is 12.1. The Labute approximate surface area is 138 Å². The molecule has 1 aromatic carbocycles. The van der Waals surface area contributed by atoms with Crippen LogP contribution in [0.4, 0.5) is 0 Å². The van der Waals surface area contributed by atoms with Crippen LogP contribution in [-0.4, -0.2) is 19.0 Å². The first-order valence-corrected chi connectivity index (χ1v) is 7.30. The molecule has 0 aliphatic rings. The predicted octanol–water partition coefficient (Wildman–Crippen LogP) is 3.37. The van der Waals surface area contributed by atoms with E-state index >= 15 is 0 Å². The van der Waals surface area contributed by atoms with Gasteiger partial charge < -0.3 is 14.5 Å². The van der Waals surface area contributed by atoms with Crippen LogP contribution >= 0.6 is 11.6 Å². The van der Waals surface area contributed by atoms with Crippen molar-refractivity contribution in [2.24, 2.45) is 0 Å². The van der Waals surface area contributed by atoms with E-state index in [4.69, 9.17) is 16.0 Å². The number of methoxy groups -OCH3 is 1. The lowest BCUT2D eigenvalue weighted by molar-refractivity contribution is -0.141. The monoisotopic (exact) mass is 333 g/mol. The maximum atomic E-state index is 12.0. The van der Waals surface area contributed by atoms with Crippen LogP contribution in [0.5, 0.6) is 0 Å². The lowest BCUT2D eigenvalue weighted by atomic mass is 10.0. The van der Waals surface area contributed by atoms with Gasteiger partial charge in [-0.3, -0.25) is 9.59 Å². The molecule has 2 aromatic rings. The highest BCUT2D eigenvalue weighted by atomic mass is 35.5. The fourth-order valence-corrected chi connectivity index (χ4v) is 2.09. The van der Waals surface area contributed by atoms with E-state index in [0.29, 0.717) is 10.8 Å². The lowest BCUT2D eigenvalue weighted by Gasteiger charge is -2.17. The van der Waals surface area contributed by atoms with Gasteiger partial charge in [-0.05, 0) is 35.9 Å². The van der Waals surface area contributed by atoms with E-state index in [9.17, 15) is 9.59 Å². The smallest absolute Gasteiger partial charge is 0.307 e. The number of furan rings is 1. The summed E-state index contributed by atoms with van der Waals surface area (Å²) in [5.74, 6) is -0.193. The van der Waals surface area contributed by atoms with Gasteiger partial charge in [0.2, 0.25) is 5.91 Å². The number of esters is 1. The van der Waals surface area contributed by atoms with Gasteiger partial charge in [0.05, 0.1) is 25.8 Å². The first kappa shape index (κ1) is 16.8. The minimum Gasteiger partial charge on any atom is -0.469 e. The van der Waals surface area contributed by atoms with Crippen LogP contribution in [-0.2, 0) is 14.3 Å².